The van der Waals surface area contributed by atoms with Gasteiger partial charge in [-0.25, -0.2) is 0 Å². The number of hydrogen-bond acceptors (Lipinski definition) is 3. The predicted octanol–water partition coefficient (Wildman–Crippen LogP) is 2.77. The number of hydrogen-bond donors (Lipinski definition) is 0. The molecule has 1 atom stereocenters. The quantitative estimate of drug-likeness (QED) is 0.872. The van der Waals surface area contributed by atoms with Gasteiger partial charge in [0.25, 0.3) is 0 Å². The summed E-state index contributed by atoms with van der Waals surface area (Å²) in [5, 5.41) is 4.32. The Bertz CT molecular complexity index is 679. The van der Waals surface area contributed by atoms with Crippen molar-refractivity contribution in [2.45, 2.75) is 39.7 Å². The maximum absolute atomic E-state index is 11.6. The number of aromatic nitrogens is 3. The zero-order chi connectivity index (χ0) is 16.2. The monoisotopic (exact) mass is 312 g/mol. The van der Waals surface area contributed by atoms with Gasteiger partial charge in [0.2, 0.25) is 5.91 Å². The van der Waals surface area contributed by atoms with E-state index in [2.05, 4.69) is 29.1 Å². The number of carbonyl (C=O) groups is 1. The molecule has 0 aromatic carbocycles. The normalized spacial score (nSPS) is 18.2. The Morgan fingerprint density at radius 2 is 2.22 bits per heavy atom. The Kier molecular flexibility index (Phi) is 4.74. The second kappa shape index (κ2) is 6.94. The van der Waals surface area contributed by atoms with Crippen molar-refractivity contribution < 1.29 is 4.79 Å². The van der Waals surface area contributed by atoms with E-state index in [0.717, 1.165) is 43.9 Å². The zero-order valence-corrected chi connectivity index (χ0v) is 13.9. The number of piperidine rings is 1. The maximum atomic E-state index is 11.6. The fraction of sp³-hybridized carbons (Fsp3) is 0.500. The third-order valence-corrected chi connectivity index (χ3v) is 4.59. The average molecular weight is 312 g/mol. The number of nitrogens with zero attached hydrogens (tertiary/aromatic N) is 4. The van der Waals surface area contributed by atoms with Gasteiger partial charge in [-0.3, -0.25) is 14.5 Å². The van der Waals surface area contributed by atoms with Crippen LogP contribution in [0.5, 0.6) is 0 Å². The van der Waals surface area contributed by atoms with Crippen LogP contribution < -0.4 is 0 Å². The number of rotatable bonds is 4. The highest BCUT2D eigenvalue weighted by Gasteiger charge is 2.21. The van der Waals surface area contributed by atoms with E-state index in [1.165, 1.54) is 12.0 Å². The summed E-state index contributed by atoms with van der Waals surface area (Å²) in [6, 6.07) is 6.26. The lowest BCUT2D eigenvalue weighted by Gasteiger charge is -2.32. The number of amides is 1. The molecule has 0 spiro atoms. The fourth-order valence-corrected chi connectivity index (χ4v) is 3.39. The summed E-state index contributed by atoms with van der Waals surface area (Å²) in [7, 11) is 0. The molecular formula is C18H24N4O. The summed E-state index contributed by atoms with van der Waals surface area (Å²) >= 11 is 0. The molecule has 1 amide bonds. The molecule has 1 aliphatic rings. The van der Waals surface area contributed by atoms with Gasteiger partial charge in [-0.2, -0.15) is 5.10 Å². The summed E-state index contributed by atoms with van der Waals surface area (Å²) in [5.41, 5.74) is 3.32. The highest BCUT2D eigenvalue weighted by Crippen LogP contribution is 2.23. The summed E-state index contributed by atoms with van der Waals surface area (Å²) in [4.78, 5) is 18.1. The molecule has 3 heterocycles. The summed E-state index contributed by atoms with van der Waals surface area (Å²) in [6.07, 6.45) is 6.99. The number of carbonyl (C=O) groups excluding carboxylic acids is 1. The van der Waals surface area contributed by atoms with Crippen molar-refractivity contribution in [3.63, 3.8) is 0 Å². The first-order valence-electron chi connectivity index (χ1n) is 8.40. The van der Waals surface area contributed by atoms with Gasteiger partial charge in [-0.1, -0.05) is 0 Å². The van der Waals surface area contributed by atoms with Crippen molar-refractivity contribution in [1.29, 1.82) is 0 Å². The first-order chi connectivity index (χ1) is 11.2. The summed E-state index contributed by atoms with van der Waals surface area (Å²) in [6.45, 7) is 6.37. The highest BCUT2D eigenvalue weighted by atomic mass is 16.2. The number of likely N-dealkylation sites (tertiary alicyclic amines) is 1. The minimum atomic E-state index is 0.192. The number of pyridine rings is 1. The molecule has 1 fully saturated rings. The van der Waals surface area contributed by atoms with E-state index in [-0.39, 0.29) is 5.91 Å². The minimum absolute atomic E-state index is 0.192. The molecular weight excluding hydrogens is 288 g/mol. The average Bonchev–Trinajstić information content (AvgIpc) is 3.04. The van der Waals surface area contributed by atoms with Crippen LogP contribution in [-0.2, 0) is 17.8 Å². The zero-order valence-electron chi connectivity index (χ0n) is 13.9. The Morgan fingerprint density at radius 3 is 3.00 bits per heavy atom. The van der Waals surface area contributed by atoms with E-state index in [0.29, 0.717) is 5.92 Å². The lowest BCUT2D eigenvalue weighted by atomic mass is 9.91. The maximum Gasteiger partial charge on any atom is 0.219 e. The largest absolute Gasteiger partial charge is 0.343 e. The fourth-order valence-electron chi connectivity index (χ4n) is 3.39. The summed E-state index contributed by atoms with van der Waals surface area (Å²) in [5.74, 6) is 0.732. The van der Waals surface area contributed by atoms with Gasteiger partial charge < -0.3 is 4.90 Å². The molecule has 2 aromatic heterocycles. The molecule has 5 heteroatoms. The first-order valence-corrected chi connectivity index (χ1v) is 8.40. The van der Waals surface area contributed by atoms with E-state index >= 15 is 0 Å². The summed E-state index contributed by atoms with van der Waals surface area (Å²) < 4.78 is 1.96. The van der Waals surface area contributed by atoms with E-state index < -0.39 is 0 Å². The molecule has 1 unspecified atom stereocenters. The molecule has 0 aliphatic carbocycles. The molecule has 1 aliphatic heterocycles. The van der Waals surface area contributed by atoms with Gasteiger partial charge in [0.05, 0.1) is 11.4 Å². The van der Waals surface area contributed by atoms with Crippen LogP contribution >= 0.6 is 0 Å². The second-order valence-corrected chi connectivity index (χ2v) is 6.26. The lowest BCUT2D eigenvalue weighted by molar-refractivity contribution is -0.130. The molecule has 122 valence electrons. The van der Waals surface area contributed by atoms with Gasteiger partial charge in [0.15, 0.2) is 0 Å². The van der Waals surface area contributed by atoms with E-state index in [9.17, 15) is 4.79 Å². The first kappa shape index (κ1) is 15.7. The topological polar surface area (TPSA) is 51.0 Å². The Balaban J connectivity index is 1.74. The molecule has 0 bridgehead atoms. The van der Waals surface area contributed by atoms with Crippen molar-refractivity contribution in [1.82, 2.24) is 19.7 Å². The van der Waals surface area contributed by atoms with Crippen LogP contribution in [0.1, 0.15) is 32.3 Å². The van der Waals surface area contributed by atoms with E-state index in [1.807, 2.05) is 28.0 Å². The number of aryl methyl sites for hydroxylation is 1. The molecule has 1 saturated heterocycles. The minimum Gasteiger partial charge on any atom is -0.343 e. The molecule has 0 saturated carbocycles. The van der Waals surface area contributed by atoms with Crippen molar-refractivity contribution >= 4 is 5.91 Å². The van der Waals surface area contributed by atoms with Crippen molar-refractivity contribution in [3.05, 3.63) is 36.2 Å². The third-order valence-electron chi connectivity index (χ3n) is 4.59. The third kappa shape index (κ3) is 3.60. The van der Waals surface area contributed by atoms with Crippen LogP contribution in [0.3, 0.4) is 0 Å². The highest BCUT2D eigenvalue weighted by molar-refractivity contribution is 5.73. The molecule has 23 heavy (non-hydrogen) atoms. The van der Waals surface area contributed by atoms with Gasteiger partial charge in [-0.05, 0) is 55.9 Å². The van der Waals surface area contributed by atoms with E-state index in [4.69, 9.17) is 0 Å². The van der Waals surface area contributed by atoms with Crippen molar-refractivity contribution in [3.8, 4) is 11.4 Å². The second-order valence-electron chi connectivity index (χ2n) is 6.26. The van der Waals surface area contributed by atoms with Crippen LogP contribution in [0.2, 0.25) is 0 Å². The molecule has 0 radical (unpaired) electrons. The smallest absolute Gasteiger partial charge is 0.219 e. The van der Waals surface area contributed by atoms with Crippen LogP contribution in [-0.4, -0.2) is 38.7 Å². The SMILES string of the molecule is CCn1nccc1-c1cc(CC2CCCN(C(C)=O)C2)ccn1. The van der Waals surface area contributed by atoms with Crippen LogP contribution in [0.25, 0.3) is 11.4 Å². The molecule has 2 aromatic rings. The van der Waals surface area contributed by atoms with Crippen LogP contribution in [0.4, 0.5) is 0 Å². The standard InChI is InChI=1S/C18H24N4O/c1-3-22-18(7-9-20-22)17-12-15(6-8-19-17)11-16-5-4-10-21(13-16)14(2)23/h6-9,12,16H,3-5,10-11,13H2,1-2H3. The van der Waals surface area contributed by atoms with Crippen LogP contribution in [0, 0.1) is 5.92 Å². The Morgan fingerprint density at radius 1 is 1.35 bits per heavy atom. The van der Waals surface area contributed by atoms with Gasteiger partial charge >= 0.3 is 0 Å². The van der Waals surface area contributed by atoms with Gasteiger partial charge in [-0.15, -0.1) is 0 Å². The van der Waals surface area contributed by atoms with Gasteiger partial charge in [0, 0.05) is 39.0 Å². The predicted molar refractivity (Wildman–Crippen MR) is 89.8 cm³/mol. The lowest BCUT2D eigenvalue weighted by Crippen LogP contribution is -2.39. The Labute approximate surface area is 137 Å². The van der Waals surface area contributed by atoms with E-state index in [1.54, 1.807) is 6.92 Å². The molecule has 0 N–H and O–H groups in total. The van der Waals surface area contributed by atoms with Crippen LogP contribution in [0.15, 0.2) is 30.6 Å². The van der Waals surface area contributed by atoms with Crippen molar-refractivity contribution in [2.24, 2.45) is 5.92 Å². The van der Waals surface area contributed by atoms with Crippen molar-refractivity contribution in [2.75, 3.05) is 13.1 Å². The molecule has 3 rings (SSSR count). The van der Waals surface area contributed by atoms with Gasteiger partial charge in [0.1, 0.15) is 0 Å². The Hall–Kier alpha value is -2.17. The molecule has 5 nitrogen and oxygen atoms in total.